The molecule has 0 N–H and O–H groups in total. The van der Waals surface area contributed by atoms with Gasteiger partial charge in [0.2, 0.25) is 15.8 Å². The van der Waals surface area contributed by atoms with Gasteiger partial charge >= 0.3 is 11.5 Å². The summed E-state index contributed by atoms with van der Waals surface area (Å²) >= 11 is 0. The van der Waals surface area contributed by atoms with Crippen molar-refractivity contribution < 1.29 is 36.4 Å². The summed E-state index contributed by atoms with van der Waals surface area (Å²) in [4.78, 5) is 37.6. The maximum atomic E-state index is 14.0. The van der Waals surface area contributed by atoms with Crippen LogP contribution in [-0.2, 0) is 25.3 Å². The maximum Gasteiger partial charge on any atom is 0.316 e. The number of aromatic nitrogens is 2. The first-order valence-corrected chi connectivity index (χ1v) is 15.8. The van der Waals surface area contributed by atoms with Gasteiger partial charge in [-0.1, -0.05) is 19.1 Å². The maximum absolute atomic E-state index is 14.0. The van der Waals surface area contributed by atoms with Crippen molar-refractivity contribution in [3.8, 4) is 11.4 Å². The number of nitrogens with zero attached hydrogens (tertiary/aromatic N) is 5. The molecule has 0 bridgehead atoms. The number of carbonyl (C=O) groups excluding carboxylic acids is 1. The molecule has 0 radical (unpaired) electrons. The molecular weight excluding hydrogens is 616 g/mol. The third kappa shape index (κ3) is 7.45. The van der Waals surface area contributed by atoms with Crippen molar-refractivity contribution in [2.45, 2.75) is 31.9 Å². The second kappa shape index (κ2) is 12.9. The lowest BCUT2D eigenvalue weighted by Crippen LogP contribution is -2.49. The molecule has 1 aliphatic carbocycles. The number of benzene rings is 2. The van der Waals surface area contributed by atoms with Gasteiger partial charge in [-0.25, -0.2) is 17.2 Å². The van der Waals surface area contributed by atoms with Crippen LogP contribution in [0.3, 0.4) is 0 Å². The predicted molar refractivity (Wildman–Crippen MR) is 158 cm³/mol. The van der Waals surface area contributed by atoms with Gasteiger partial charge in [-0.3, -0.25) is 19.7 Å². The number of anilines is 1. The molecule has 5 rings (SSSR count). The molecule has 0 atom stereocenters. The van der Waals surface area contributed by atoms with Crippen molar-refractivity contribution >= 4 is 27.4 Å². The minimum Gasteiger partial charge on any atom is -0.485 e. The number of hydrogen-bond donors (Lipinski definition) is 0. The van der Waals surface area contributed by atoms with Crippen LogP contribution in [0.4, 0.5) is 20.2 Å². The number of nitro groups is 1. The van der Waals surface area contributed by atoms with Crippen LogP contribution in [0.1, 0.15) is 31.7 Å². The van der Waals surface area contributed by atoms with Gasteiger partial charge in [0.25, 0.3) is 5.69 Å². The number of piperazine rings is 1. The molecule has 1 aromatic heterocycles. The fourth-order valence-electron chi connectivity index (χ4n) is 4.97. The minimum atomic E-state index is -3.83. The lowest BCUT2D eigenvalue weighted by atomic mass is 10.1. The zero-order valence-electron chi connectivity index (χ0n) is 24.4. The van der Waals surface area contributed by atoms with Crippen LogP contribution >= 0.6 is 0 Å². The van der Waals surface area contributed by atoms with Gasteiger partial charge in [-0.2, -0.15) is 14.1 Å². The normalized spacial score (nSPS) is 16.3. The molecule has 1 aliphatic heterocycles. The second-order valence-electron chi connectivity index (χ2n) is 11.1. The summed E-state index contributed by atoms with van der Waals surface area (Å²) < 4.78 is 67.7. The SMILES string of the molecule is CCC(=O)OCC1(COc2c(N3CCN(S(=O)(=O)Cc4cccc([N+](=O)[O-])c4)CC3)cnn(-c3cc(F)cc(F)c3)c2=O)CC1. The fourth-order valence-corrected chi connectivity index (χ4v) is 6.48. The van der Waals surface area contributed by atoms with Gasteiger partial charge in [0.05, 0.1) is 29.2 Å². The van der Waals surface area contributed by atoms with Gasteiger partial charge in [0.15, 0.2) is 0 Å². The Morgan fingerprint density at radius 1 is 1.07 bits per heavy atom. The molecule has 0 amide bonds. The smallest absolute Gasteiger partial charge is 0.316 e. The van der Waals surface area contributed by atoms with E-state index in [9.17, 15) is 36.9 Å². The van der Waals surface area contributed by atoms with E-state index >= 15 is 0 Å². The third-order valence-electron chi connectivity index (χ3n) is 7.76. The lowest BCUT2D eigenvalue weighted by molar-refractivity contribution is -0.384. The van der Waals surface area contributed by atoms with Crippen molar-refractivity contribution in [1.29, 1.82) is 0 Å². The molecule has 1 saturated carbocycles. The lowest BCUT2D eigenvalue weighted by Gasteiger charge is -2.35. The first-order chi connectivity index (χ1) is 21.4. The highest BCUT2D eigenvalue weighted by Gasteiger charge is 2.45. The molecule has 1 saturated heterocycles. The molecular formula is C29H31F2N5O8S. The van der Waals surface area contributed by atoms with Crippen molar-refractivity contribution in [3.63, 3.8) is 0 Å². The van der Waals surface area contributed by atoms with E-state index in [1.54, 1.807) is 11.8 Å². The molecule has 240 valence electrons. The summed E-state index contributed by atoms with van der Waals surface area (Å²) in [5.74, 6) is -2.73. The van der Waals surface area contributed by atoms with Crippen LogP contribution in [0, 0.1) is 27.2 Å². The molecule has 3 aromatic rings. The average Bonchev–Trinajstić information content (AvgIpc) is 3.78. The standard InChI is InChI=1S/C29H31F2N5O8S/c1-2-26(37)43-18-29(6-7-29)19-44-27-25(16-32-35(28(27)38)24-14-21(30)13-22(31)15-24)33-8-10-34(11-9-33)45(41,42)17-20-4-3-5-23(12-20)36(39)40/h3-5,12-16H,2,6-11,17-19H2,1H3. The van der Waals surface area contributed by atoms with Crippen LogP contribution in [0.5, 0.6) is 5.75 Å². The van der Waals surface area contributed by atoms with Crippen LogP contribution in [0.2, 0.25) is 0 Å². The Bertz CT molecular complexity index is 1750. The zero-order chi connectivity index (χ0) is 32.4. The molecule has 16 heteroatoms. The van der Waals surface area contributed by atoms with Crippen molar-refractivity contribution in [1.82, 2.24) is 14.1 Å². The number of hydrogen-bond acceptors (Lipinski definition) is 10. The van der Waals surface area contributed by atoms with E-state index in [0.717, 1.165) is 16.8 Å². The Kier molecular flexibility index (Phi) is 9.16. The Morgan fingerprint density at radius 3 is 2.38 bits per heavy atom. The molecule has 0 unspecified atom stereocenters. The highest BCUT2D eigenvalue weighted by atomic mass is 32.2. The molecule has 2 fully saturated rings. The largest absolute Gasteiger partial charge is 0.485 e. The topological polar surface area (TPSA) is 154 Å². The van der Waals surface area contributed by atoms with E-state index in [1.165, 1.54) is 34.8 Å². The van der Waals surface area contributed by atoms with Crippen LogP contribution < -0.4 is 15.2 Å². The number of halogens is 2. The molecule has 2 aliphatic rings. The number of nitro benzene ring substituents is 1. The Hall–Kier alpha value is -4.44. The summed E-state index contributed by atoms with van der Waals surface area (Å²) in [5.41, 5.74) is -1.07. The minimum absolute atomic E-state index is 0.0331. The number of sulfonamides is 1. The summed E-state index contributed by atoms with van der Waals surface area (Å²) in [6, 6.07) is 8.02. The Labute approximate surface area is 257 Å². The quantitative estimate of drug-likeness (QED) is 0.163. The Morgan fingerprint density at radius 2 is 1.76 bits per heavy atom. The Balaban J connectivity index is 1.37. The van der Waals surface area contributed by atoms with Crippen LogP contribution in [0.25, 0.3) is 5.69 Å². The first kappa shape index (κ1) is 32.0. The molecule has 2 aromatic carbocycles. The monoisotopic (exact) mass is 647 g/mol. The van der Waals surface area contributed by atoms with Crippen molar-refractivity contribution in [2.75, 3.05) is 44.3 Å². The highest BCUT2D eigenvalue weighted by Crippen LogP contribution is 2.46. The number of carbonyl (C=O) groups is 1. The summed E-state index contributed by atoms with van der Waals surface area (Å²) in [6.45, 7) is 2.23. The highest BCUT2D eigenvalue weighted by molar-refractivity contribution is 7.88. The van der Waals surface area contributed by atoms with Gasteiger partial charge in [0.1, 0.15) is 23.9 Å². The fraction of sp³-hybridized carbons (Fsp3) is 0.414. The summed E-state index contributed by atoms with van der Waals surface area (Å²) in [6.07, 6.45) is 2.94. The average molecular weight is 648 g/mol. The van der Waals surface area contributed by atoms with E-state index in [4.69, 9.17) is 9.47 Å². The van der Waals surface area contributed by atoms with Crippen molar-refractivity contribution in [3.05, 3.63) is 86.3 Å². The zero-order valence-corrected chi connectivity index (χ0v) is 25.2. The molecule has 0 spiro atoms. The summed E-state index contributed by atoms with van der Waals surface area (Å²) in [5, 5.41) is 15.2. The number of esters is 1. The summed E-state index contributed by atoms with van der Waals surface area (Å²) in [7, 11) is -3.83. The van der Waals surface area contributed by atoms with Gasteiger partial charge in [-0.15, -0.1) is 0 Å². The van der Waals surface area contributed by atoms with E-state index in [0.29, 0.717) is 18.9 Å². The molecule has 45 heavy (non-hydrogen) atoms. The van der Waals surface area contributed by atoms with E-state index < -0.39 is 43.3 Å². The van der Waals surface area contributed by atoms with Crippen molar-refractivity contribution in [2.24, 2.45) is 5.41 Å². The molecule has 13 nitrogen and oxygen atoms in total. The van der Waals surface area contributed by atoms with Gasteiger partial charge in [0, 0.05) is 56.2 Å². The molecule has 2 heterocycles. The van der Waals surface area contributed by atoms with Gasteiger partial charge in [-0.05, 0) is 30.5 Å². The van der Waals surface area contributed by atoms with E-state index in [-0.39, 0.29) is 80.2 Å². The van der Waals surface area contributed by atoms with Crippen LogP contribution in [0.15, 0.2) is 53.5 Å². The first-order valence-electron chi connectivity index (χ1n) is 14.2. The second-order valence-corrected chi connectivity index (χ2v) is 13.0. The van der Waals surface area contributed by atoms with Crippen LogP contribution in [-0.4, -0.2) is 72.8 Å². The van der Waals surface area contributed by atoms with E-state index in [2.05, 4.69) is 5.10 Å². The number of ether oxygens (including phenoxy) is 2. The van der Waals surface area contributed by atoms with Gasteiger partial charge < -0.3 is 14.4 Å². The third-order valence-corrected chi connectivity index (χ3v) is 9.61. The number of rotatable bonds is 12. The van der Waals surface area contributed by atoms with E-state index in [1.807, 2.05) is 0 Å². The predicted octanol–water partition coefficient (Wildman–Crippen LogP) is 3.18. The number of non-ortho nitro benzene ring substituents is 1.